The molecule has 1 unspecified atom stereocenters. The van der Waals surface area contributed by atoms with Crippen LogP contribution in [0.3, 0.4) is 0 Å². The van der Waals surface area contributed by atoms with Crippen molar-refractivity contribution in [1.29, 1.82) is 0 Å². The highest BCUT2D eigenvalue weighted by Gasteiger charge is 2.56. The van der Waals surface area contributed by atoms with Crippen LogP contribution < -0.4 is 4.90 Å². The van der Waals surface area contributed by atoms with Gasteiger partial charge in [-0.2, -0.15) is 13.2 Å². The molecule has 0 saturated carbocycles. The van der Waals surface area contributed by atoms with Gasteiger partial charge in [0.2, 0.25) is 5.60 Å². The Balaban J connectivity index is 2.76. The molecule has 0 aliphatic carbocycles. The van der Waals surface area contributed by atoms with Crippen LogP contribution >= 0.6 is 0 Å². The Bertz CT molecular complexity index is 850. The minimum atomic E-state index is -4.97. The maximum absolute atomic E-state index is 14.0. The van der Waals surface area contributed by atoms with Gasteiger partial charge >= 0.3 is 12.3 Å². The van der Waals surface area contributed by atoms with Crippen molar-refractivity contribution >= 4 is 11.8 Å². The summed E-state index contributed by atoms with van der Waals surface area (Å²) in [5.41, 5.74) is -3.72. The van der Waals surface area contributed by atoms with E-state index in [1.165, 1.54) is 50.2 Å². The first kappa shape index (κ1) is 21.8. The Kier molecular flexibility index (Phi) is 5.54. The van der Waals surface area contributed by atoms with Crippen LogP contribution in [0, 0.1) is 13.8 Å². The second kappa shape index (κ2) is 7.13. The third-order valence-electron chi connectivity index (χ3n) is 4.60. The number of carboxylic acid groups (broad SMARTS) is 1. The molecule has 0 aromatic heterocycles. The Morgan fingerprint density at radius 2 is 1.39 bits per heavy atom. The van der Waals surface area contributed by atoms with Gasteiger partial charge < -0.3 is 10.2 Å². The van der Waals surface area contributed by atoms with Crippen molar-refractivity contribution in [2.75, 3.05) is 4.90 Å². The second-order valence-corrected chi connectivity index (χ2v) is 7.82. The molecule has 0 aliphatic heterocycles. The van der Waals surface area contributed by atoms with E-state index in [9.17, 15) is 28.2 Å². The highest BCUT2D eigenvalue weighted by atomic mass is 19.4. The summed E-state index contributed by atoms with van der Waals surface area (Å²) in [5.74, 6) is 0. The average molecular weight is 395 g/mol. The van der Waals surface area contributed by atoms with Gasteiger partial charge in [0.05, 0.1) is 5.69 Å². The maximum Gasteiger partial charge on any atom is 0.425 e. The molecule has 4 nitrogen and oxygen atoms in total. The molecule has 2 rings (SSSR count). The number of aryl methyl sites for hydroxylation is 2. The van der Waals surface area contributed by atoms with Gasteiger partial charge in [-0.15, -0.1) is 0 Å². The predicted molar refractivity (Wildman–Crippen MR) is 102 cm³/mol. The van der Waals surface area contributed by atoms with Gasteiger partial charge in [-0.05, 0) is 56.9 Å². The lowest BCUT2D eigenvalue weighted by atomic mass is 9.83. The summed E-state index contributed by atoms with van der Waals surface area (Å²) in [7, 11) is 0. The van der Waals surface area contributed by atoms with E-state index < -0.39 is 23.4 Å². The third kappa shape index (κ3) is 3.71. The monoisotopic (exact) mass is 395 g/mol. The van der Waals surface area contributed by atoms with E-state index in [2.05, 4.69) is 0 Å². The first-order valence-electron chi connectivity index (χ1n) is 8.70. The molecule has 0 spiro atoms. The van der Waals surface area contributed by atoms with Crippen LogP contribution in [0.25, 0.3) is 0 Å². The van der Waals surface area contributed by atoms with E-state index in [1.54, 1.807) is 26.8 Å². The summed E-state index contributed by atoms with van der Waals surface area (Å²) in [6.45, 7) is 8.17. The lowest BCUT2D eigenvalue weighted by Crippen LogP contribution is -2.46. The second-order valence-electron chi connectivity index (χ2n) is 7.82. The lowest BCUT2D eigenvalue weighted by Gasteiger charge is -2.37. The van der Waals surface area contributed by atoms with E-state index >= 15 is 0 Å². The van der Waals surface area contributed by atoms with Gasteiger partial charge in [0.1, 0.15) is 0 Å². The van der Waals surface area contributed by atoms with Crippen molar-refractivity contribution in [3.63, 3.8) is 0 Å². The van der Waals surface area contributed by atoms with Gasteiger partial charge in [0.25, 0.3) is 0 Å². The average Bonchev–Trinajstić information content (AvgIpc) is 2.55. The smallest absolute Gasteiger partial charge is 0.425 e. The number of aliphatic hydroxyl groups is 1. The van der Waals surface area contributed by atoms with Crippen molar-refractivity contribution in [3.8, 4) is 0 Å². The molecule has 152 valence electrons. The molecule has 2 aromatic rings. The number of anilines is 1. The third-order valence-corrected chi connectivity index (χ3v) is 4.60. The number of carbonyl (C=O) groups is 1. The van der Waals surface area contributed by atoms with Crippen molar-refractivity contribution < 1.29 is 28.2 Å². The SMILES string of the molecule is Cc1cc(C(O)(c2ccccc2)C(F)(F)F)cc(C)c1N(C(=O)O)C(C)(C)C. The molecule has 0 heterocycles. The first-order valence-corrected chi connectivity index (χ1v) is 8.70. The molecule has 2 aromatic carbocycles. The number of hydrogen-bond acceptors (Lipinski definition) is 2. The minimum Gasteiger partial charge on any atom is -0.465 e. The summed E-state index contributed by atoms with van der Waals surface area (Å²) >= 11 is 0. The Morgan fingerprint density at radius 3 is 1.75 bits per heavy atom. The van der Waals surface area contributed by atoms with E-state index in [-0.39, 0.29) is 11.1 Å². The van der Waals surface area contributed by atoms with Crippen LogP contribution in [0.1, 0.15) is 43.0 Å². The summed E-state index contributed by atoms with van der Waals surface area (Å²) in [6, 6.07) is 9.23. The molecule has 28 heavy (non-hydrogen) atoms. The standard InChI is InChI=1S/C21H24F3NO3/c1-13-11-16(12-14(2)17(13)25(18(26)27)19(3,4)5)20(28,21(22,23)24)15-9-7-6-8-10-15/h6-12,28H,1-5H3,(H,26,27). The van der Waals surface area contributed by atoms with E-state index in [0.717, 1.165) is 4.90 Å². The number of amides is 1. The molecule has 0 bridgehead atoms. The molecule has 0 saturated heterocycles. The highest BCUT2D eigenvalue weighted by molar-refractivity contribution is 5.90. The molecule has 1 atom stereocenters. The van der Waals surface area contributed by atoms with Crippen molar-refractivity contribution in [2.45, 2.75) is 51.9 Å². The maximum atomic E-state index is 14.0. The van der Waals surface area contributed by atoms with Crippen molar-refractivity contribution in [2.24, 2.45) is 0 Å². The van der Waals surface area contributed by atoms with Gasteiger partial charge in [0.15, 0.2) is 0 Å². The number of benzene rings is 2. The zero-order valence-corrected chi connectivity index (χ0v) is 16.4. The predicted octanol–water partition coefficient (Wildman–Crippen LogP) is 5.38. The molecule has 0 radical (unpaired) electrons. The fraction of sp³-hybridized carbons (Fsp3) is 0.381. The van der Waals surface area contributed by atoms with Crippen LogP contribution in [0.2, 0.25) is 0 Å². The molecule has 0 fully saturated rings. The first-order chi connectivity index (χ1) is 12.7. The van der Waals surface area contributed by atoms with Crippen LogP contribution in [-0.2, 0) is 5.60 Å². The normalized spacial score (nSPS) is 14.5. The number of rotatable bonds is 3. The Morgan fingerprint density at radius 1 is 0.929 bits per heavy atom. The van der Waals surface area contributed by atoms with Crippen molar-refractivity contribution in [3.05, 3.63) is 64.7 Å². The largest absolute Gasteiger partial charge is 0.465 e. The van der Waals surface area contributed by atoms with Gasteiger partial charge in [-0.3, -0.25) is 4.90 Å². The molecule has 7 heteroatoms. The van der Waals surface area contributed by atoms with Gasteiger partial charge in [-0.1, -0.05) is 42.5 Å². The number of halogens is 3. The van der Waals surface area contributed by atoms with Crippen LogP contribution in [0.15, 0.2) is 42.5 Å². The van der Waals surface area contributed by atoms with E-state index in [1.807, 2.05) is 0 Å². The summed E-state index contributed by atoms with van der Waals surface area (Å²) in [5, 5.41) is 20.4. The topological polar surface area (TPSA) is 60.8 Å². The Hall–Kier alpha value is -2.54. The summed E-state index contributed by atoms with van der Waals surface area (Å²) in [6.07, 6.45) is -6.17. The molecular formula is C21H24F3NO3. The Labute approximate surface area is 162 Å². The quantitative estimate of drug-likeness (QED) is 0.733. The number of nitrogens with zero attached hydrogens (tertiary/aromatic N) is 1. The van der Waals surface area contributed by atoms with E-state index in [4.69, 9.17) is 0 Å². The van der Waals surface area contributed by atoms with Gasteiger partial charge in [-0.25, -0.2) is 4.79 Å². The van der Waals surface area contributed by atoms with Crippen molar-refractivity contribution in [1.82, 2.24) is 0 Å². The van der Waals surface area contributed by atoms with Crippen LogP contribution in [0.5, 0.6) is 0 Å². The zero-order chi connectivity index (χ0) is 21.5. The fourth-order valence-corrected chi connectivity index (χ4v) is 3.41. The lowest BCUT2D eigenvalue weighted by molar-refractivity contribution is -0.248. The molecule has 1 amide bonds. The van der Waals surface area contributed by atoms with Gasteiger partial charge in [0, 0.05) is 5.54 Å². The summed E-state index contributed by atoms with van der Waals surface area (Å²) in [4.78, 5) is 12.9. The molecular weight excluding hydrogens is 371 g/mol. The molecule has 2 N–H and O–H groups in total. The highest BCUT2D eigenvalue weighted by Crippen LogP contribution is 2.46. The van der Waals surface area contributed by atoms with E-state index in [0.29, 0.717) is 16.8 Å². The number of hydrogen-bond donors (Lipinski definition) is 2. The molecule has 0 aliphatic rings. The zero-order valence-electron chi connectivity index (χ0n) is 16.4. The fourth-order valence-electron chi connectivity index (χ4n) is 3.41. The van der Waals surface area contributed by atoms with Crippen LogP contribution in [-0.4, -0.2) is 28.0 Å². The minimum absolute atomic E-state index is 0.306. The number of alkyl halides is 3. The summed E-state index contributed by atoms with van der Waals surface area (Å²) < 4.78 is 41.9. The van der Waals surface area contributed by atoms with Crippen LogP contribution in [0.4, 0.5) is 23.7 Å².